The molecule has 2 N–H and O–H groups in total. The van der Waals surface area contributed by atoms with Gasteiger partial charge in [0, 0.05) is 52.1 Å². The van der Waals surface area contributed by atoms with Crippen LogP contribution in [0.5, 0.6) is 0 Å². The number of carbonyl (C=O) groups is 2. The van der Waals surface area contributed by atoms with E-state index in [-0.39, 0.29) is 50.4 Å². The summed E-state index contributed by atoms with van der Waals surface area (Å²) in [5.41, 5.74) is 0.214. The van der Waals surface area contributed by atoms with E-state index in [0.717, 1.165) is 6.42 Å². The Labute approximate surface area is 195 Å². The van der Waals surface area contributed by atoms with E-state index in [1.54, 1.807) is 17.1 Å². The number of carbonyl (C=O) groups excluding carboxylic acids is 2. The molecule has 0 bridgehead atoms. The molecule has 0 unspecified atom stereocenters. The minimum Gasteiger partial charge on any atom is -0.388 e. The zero-order valence-corrected chi connectivity index (χ0v) is 19.7. The number of hydrogen-bond acceptors (Lipinski definition) is 8. The van der Waals surface area contributed by atoms with E-state index < -0.39 is 18.3 Å². The van der Waals surface area contributed by atoms with E-state index >= 15 is 0 Å². The van der Waals surface area contributed by atoms with Gasteiger partial charge >= 0.3 is 0 Å². The van der Waals surface area contributed by atoms with E-state index in [1.165, 1.54) is 30.4 Å². The molecule has 1 aliphatic heterocycles. The van der Waals surface area contributed by atoms with Crippen LogP contribution in [0.4, 0.5) is 0 Å². The van der Waals surface area contributed by atoms with E-state index in [4.69, 9.17) is 9.47 Å². The molecule has 1 aromatic rings. The normalized spacial score (nSPS) is 23.4. The number of hydrogen-bond donors (Lipinski definition) is 2. The van der Waals surface area contributed by atoms with Gasteiger partial charge in [0.15, 0.2) is 0 Å². The monoisotopic (exact) mass is 464 g/mol. The molecule has 3 atom stereocenters. The summed E-state index contributed by atoms with van der Waals surface area (Å²) in [4.78, 5) is 36.4. The molecule has 184 valence electrons. The van der Waals surface area contributed by atoms with Crippen molar-refractivity contribution in [1.82, 2.24) is 19.8 Å². The van der Waals surface area contributed by atoms with Crippen molar-refractivity contribution in [3.63, 3.8) is 0 Å². The Morgan fingerprint density at radius 3 is 2.64 bits per heavy atom. The highest BCUT2D eigenvalue weighted by Gasteiger charge is 2.30. The highest BCUT2D eigenvalue weighted by atomic mass is 16.5. The molecule has 0 aliphatic carbocycles. The van der Waals surface area contributed by atoms with Gasteiger partial charge < -0.3 is 29.5 Å². The topological polar surface area (TPSA) is 125 Å². The molecule has 0 spiro atoms. The van der Waals surface area contributed by atoms with Gasteiger partial charge in [-0.05, 0) is 12.3 Å². The summed E-state index contributed by atoms with van der Waals surface area (Å²) >= 11 is 0. The zero-order chi connectivity index (χ0) is 24.2. The van der Waals surface area contributed by atoms with Gasteiger partial charge in [-0.25, -0.2) is 4.98 Å². The molecule has 2 amide bonds. The lowest BCUT2D eigenvalue weighted by Gasteiger charge is -2.33. The number of ether oxygens (including phenoxy) is 2. The first kappa shape index (κ1) is 26.8. The van der Waals surface area contributed by atoms with Gasteiger partial charge in [0.1, 0.15) is 24.0 Å². The molecule has 2 rings (SSSR count). The standard InChI is InChI=1S/C23H36N4O6/c1-17(2)6-13-33-21-15-27(18(3)28)11-10-26(23(31)19-14-24-7-8-25-19)9-4-5-12-32-16-20(29)22(21)30/h4-5,7-8,14,17,20-22,29-30H,6,9-13,15-16H2,1-3H3/t20-,21-,22-/m1/s1. The average molecular weight is 465 g/mol. The van der Waals surface area contributed by atoms with Gasteiger partial charge in [-0.3, -0.25) is 14.6 Å². The Bertz CT molecular complexity index is 761. The highest BCUT2D eigenvalue weighted by Crippen LogP contribution is 2.12. The molecule has 2 heterocycles. The summed E-state index contributed by atoms with van der Waals surface area (Å²) in [5.74, 6) is -0.116. The first-order chi connectivity index (χ1) is 15.8. The quantitative estimate of drug-likeness (QED) is 0.604. The van der Waals surface area contributed by atoms with Gasteiger partial charge in [-0.15, -0.1) is 0 Å². The van der Waals surface area contributed by atoms with Crippen molar-refractivity contribution in [3.05, 3.63) is 36.4 Å². The lowest BCUT2D eigenvalue weighted by Crippen LogP contribution is -2.50. The van der Waals surface area contributed by atoms with Crippen molar-refractivity contribution in [2.45, 2.75) is 45.5 Å². The molecule has 33 heavy (non-hydrogen) atoms. The fourth-order valence-electron chi connectivity index (χ4n) is 3.27. The summed E-state index contributed by atoms with van der Waals surface area (Å²) in [6.45, 7) is 6.93. The molecule has 1 aliphatic rings. The maximum atomic E-state index is 12.9. The van der Waals surface area contributed by atoms with Crippen LogP contribution in [0.25, 0.3) is 0 Å². The van der Waals surface area contributed by atoms with Gasteiger partial charge in [0.2, 0.25) is 5.91 Å². The van der Waals surface area contributed by atoms with Gasteiger partial charge in [-0.1, -0.05) is 26.0 Å². The smallest absolute Gasteiger partial charge is 0.274 e. The van der Waals surface area contributed by atoms with Crippen LogP contribution in [0, 0.1) is 5.92 Å². The molecule has 0 fully saturated rings. The number of rotatable bonds is 5. The maximum Gasteiger partial charge on any atom is 0.274 e. The third kappa shape index (κ3) is 9.17. The van der Waals surface area contributed by atoms with Crippen LogP contribution < -0.4 is 0 Å². The third-order valence-electron chi connectivity index (χ3n) is 5.35. The molecule has 0 saturated heterocycles. The van der Waals surface area contributed by atoms with Crippen LogP contribution in [0.1, 0.15) is 37.7 Å². The zero-order valence-electron chi connectivity index (χ0n) is 19.7. The maximum absolute atomic E-state index is 12.9. The van der Waals surface area contributed by atoms with Crippen molar-refractivity contribution < 1.29 is 29.3 Å². The first-order valence-corrected chi connectivity index (χ1v) is 11.3. The van der Waals surface area contributed by atoms with Crippen LogP contribution in [-0.2, 0) is 14.3 Å². The predicted molar refractivity (Wildman–Crippen MR) is 121 cm³/mol. The molecule has 0 saturated carbocycles. The number of aliphatic hydroxyl groups is 2. The van der Waals surface area contributed by atoms with E-state index in [9.17, 15) is 19.8 Å². The van der Waals surface area contributed by atoms with E-state index in [1.807, 2.05) is 0 Å². The summed E-state index contributed by atoms with van der Waals surface area (Å²) in [6.07, 6.45) is 5.45. The van der Waals surface area contributed by atoms with Crippen molar-refractivity contribution in [2.24, 2.45) is 5.92 Å². The van der Waals surface area contributed by atoms with E-state index in [2.05, 4.69) is 23.8 Å². The second kappa shape index (κ2) is 14.0. The predicted octanol–water partition coefficient (Wildman–Crippen LogP) is 0.507. The van der Waals surface area contributed by atoms with Gasteiger partial charge in [0.05, 0.1) is 19.4 Å². The summed E-state index contributed by atoms with van der Waals surface area (Å²) in [7, 11) is 0. The molecule has 10 nitrogen and oxygen atoms in total. The highest BCUT2D eigenvalue weighted by molar-refractivity contribution is 5.92. The van der Waals surface area contributed by atoms with Crippen LogP contribution in [0.3, 0.4) is 0 Å². The lowest BCUT2D eigenvalue weighted by atomic mass is 10.1. The Morgan fingerprint density at radius 2 is 1.97 bits per heavy atom. The van der Waals surface area contributed by atoms with Crippen LogP contribution in [0.15, 0.2) is 30.7 Å². The number of amides is 2. The van der Waals surface area contributed by atoms with Gasteiger partial charge in [-0.2, -0.15) is 0 Å². The van der Waals surface area contributed by atoms with Crippen molar-refractivity contribution in [3.8, 4) is 0 Å². The Morgan fingerprint density at radius 1 is 1.21 bits per heavy atom. The molecule has 10 heteroatoms. The van der Waals surface area contributed by atoms with Gasteiger partial charge in [0.25, 0.3) is 5.91 Å². The second-order valence-electron chi connectivity index (χ2n) is 8.47. The molecule has 0 aromatic carbocycles. The fraction of sp³-hybridized carbons (Fsp3) is 0.652. The van der Waals surface area contributed by atoms with Crippen molar-refractivity contribution in [1.29, 1.82) is 0 Å². The molecular formula is C23H36N4O6. The van der Waals surface area contributed by atoms with Crippen molar-refractivity contribution >= 4 is 11.8 Å². The minimum atomic E-state index is -1.23. The van der Waals surface area contributed by atoms with E-state index in [0.29, 0.717) is 19.1 Å². The number of aromatic nitrogens is 2. The minimum absolute atomic E-state index is 0.0780. The Kier molecular flexibility index (Phi) is 11.4. The Balaban J connectivity index is 2.21. The second-order valence-corrected chi connectivity index (χ2v) is 8.47. The van der Waals surface area contributed by atoms with Crippen molar-refractivity contribution in [2.75, 3.05) is 46.0 Å². The van der Waals surface area contributed by atoms with Crippen LogP contribution in [-0.4, -0.2) is 106 Å². The largest absolute Gasteiger partial charge is 0.388 e. The molecule has 0 radical (unpaired) electrons. The molecule has 1 aromatic heterocycles. The van der Waals surface area contributed by atoms with Crippen LogP contribution >= 0.6 is 0 Å². The Hall–Kier alpha value is -2.40. The first-order valence-electron chi connectivity index (χ1n) is 11.3. The average Bonchev–Trinajstić information content (AvgIpc) is 2.79. The number of aliphatic hydroxyl groups excluding tert-OH is 2. The fourth-order valence-corrected chi connectivity index (χ4v) is 3.27. The number of nitrogens with zero attached hydrogens (tertiary/aromatic N) is 4. The summed E-state index contributed by atoms with van der Waals surface area (Å²) in [6, 6.07) is 0. The third-order valence-corrected chi connectivity index (χ3v) is 5.35. The summed E-state index contributed by atoms with van der Waals surface area (Å²) in [5, 5.41) is 21.1. The lowest BCUT2D eigenvalue weighted by molar-refractivity contribution is -0.139. The molecular weight excluding hydrogens is 428 g/mol. The summed E-state index contributed by atoms with van der Waals surface area (Å²) < 4.78 is 11.3. The van der Waals surface area contributed by atoms with Crippen LogP contribution in [0.2, 0.25) is 0 Å². The SMILES string of the molecule is CC(=O)N1CCN(C(=O)c2cnccn2)CC=CCOC[C@@H](O)[C@@H](O)[C@H](OCCC(C)C)C1.